The van der Waals surface area contributed by atoms with Crippen LogP contribution in [0.25, 0.3) is 0 Å². The number of urea groups is 1. The topological polar surface area (TPSA) is 105 Å². The lowest BCUT2D eigenvalue weighted by Gasteiger charge is -2.28. The molecule has 1 unspecified atom stereocenters. The van der Waals surface area contributed by atoms with Crippen LogP contribution in [0, 0.1) is 5.92 Å². The predicted octanol–water partition coefficient (Wildman–Crippen LogP) is 3.24. The smallest absolute Gasteiger partial charge is 0.350 e. The minimum atomic E-state index is -0.661. The summed E-state index contributed by atoms with van der Waals surface area (Å²) in [7, 11) is 1.27. The van der Waals surface area contributed by atoms with E-state index in [2.05, 4.69) is 21.1 Å². The number of hydrogen-bond donors (Lipinski definition) is 1. The summed E-state index contributed by atoms with van der Waals surface area (Å²) >= 11 is 0. The molecule has 0 bridgehead atoms. The first-order valence-corrected chi connectivity index (χ1v) is 11.4. The van der Waals surface area contributed by atoms with Crippen LogP contribution >= 0.6 is 0 Å². The largest absolute Gasteiger partial charge is 0.465 e. The second-order valence-corrected chi connectivity index (χ2v) is 8.26. The fraction of sp³-hybridized carbons (Fsp3) is 0.542. The fourth-order valence-corrected chi connectivity index (χ4v) is 4.10. The number of imide groups is 1. The van der Waals surface area contributed by atoms with E-state index < -0.39 is 17.9 Å². The molecule has 3 aliphatic rings. The van der Waals surface area contributed by atoms with Gasteiger partial charge in [-0.05, 0) is 51.0 Å². The van der Waals surface area contributed by atoms with Gasteiger partial charge in [0.1, 0.15) is 0 Å². The van der Waals surface area contributed by atoms with E-state index in [-0.39, 0.29) is 29.6 Å². The van der Waals surface area contributed by atoms with E-state index >= 15 is 0 Å². The fourth-order valence-electron chi connectivity index (χ4n) is 4.10. The quantitative estimate of drug-likeness (QED) is 0.318. The molecule has 1 heterocycles. The van der Waals surface area contributed by atoms with E-state index in [1.54, 1.807) is 6.08 Å². The lowest BCUT2D eigenvalue weighted by molar-refractivity contribution is -0.136. The van der Waals surface area contributed by atoms with Crippen LogP contribution in [0.4, 0.5) is 4.79 Å². The molecular formula is C24H31N3O5. The van der Waals surface area contributed by atoms with Crippen molar-refractivity contribution in [3.63, 3.8) is 0 Å². The number of nitrogens with one attached hydrogen (secondary N) is 1. The molecule has 8 heteroatoms. The lowest BCUT2D eigenvalue weighted by Crippen LogP contribution is -2.46. The van der Waals surface area contributed by atoms with Gasteiger partial charge in [-0.1, -0.05) is 30.2 Å². The number of hydrogen-bond acceptors (Lipinski definition) is 5. The Bertz CT molecular complexity index is 884. The monoisotopic (exact) mass is 441 g/mol. The van der Waals surface area contributed by atoms with Crippen molar-refractivity contribution in [2.24, 2.45) is 10.9 Å². The van der Waals surface area contributed by atoms with Gasteiger partial charge in [-0.2, -0.15) is 4.99 Å². The van der Waals surface area contributed by atoms with Crippen molar-refractivity contribution in [1.82, 2.24) is 10.2 Å². The molecule has 0 radical (unpaired) electrons. The van der Waals surface area contributed by atoms with Gasteiger partial charge < -0.3 is 10.1 Å². The normalized spacial score (nSPS) is 20.2. The molecular weight excluding hydrogens is 410 g/mol. The van der Waals surface area contributed by atoms with Crippen LogP contribution in [-0.2, 0) is 19.1 Å². The van der Waals surface area contributed by atoms with Crippen LogP contribution in [-0.4, -0.2) is 54.6 Å². The van der Waals surface area contributed by atoms with Gasteiger partial charge in [0.15, 0.2) is 0 Å². The average molecular weight is 442 g/mol. The maximum absolute atomic E-state index is 12.7. The summed E-state index contributed by atoms with van der Waals surface area (Å²) in [5, 5.41) is 2.97. The summed E-state index contributed by atoms with van der Waals surface area (Å²) in [6.07, 6.45) is 15.0. The molecule has 8 nitrogen and oxygen atoms in total. The average Bonchev–Trinajstić information content (AvgIpc) is 2.80. The Kier molecular flexibility index (Phi) is 8.53. The molecule has 0 aromatic rings. The number of allylic oxidation sites excluding steroid dienone is 2. The SMILES string of the molecule is COC(=O)C1=CC2=NC(=O)N(CCCCCC(=O)NCCC3=CCCCC3)C(=O)C2C=C1. The first-order valence-electron chi connectivity index (χ1n) is 11.4. The highest BCUT2D eigenvalue weighted by Crippen LogP contribution is 2.23. The third-order valence-electron chi connectivity index (χ3n) is 5.94. The van der Waals surface area contributed by atoms with Crippen LogP contribution in [0.2, 0.25) is 0 Å². The molecule has 0 fully saturated rings. The molecule has 0 spiro atoms. The lowest BCUT2D eigenvalue weighted by atomic mass is 9.92. The zero-order chi connectivity index (χ0) is 22.9. The van der Waals surface area contributed by atoms with Gasteiger partial charge in [-0.3, -0.25) is 14.5 Å². The predicted molar refractivity (Wildman–Crippen MR) is 120 cm³/mol. The highest BCUT2D eigenvalue weighted by molar-refractivity contribution is 6.23. The maximum atomic E-state index is 12.7. The standard InChI is InChI=1S/C24H31N3O5/c1-32-23(30)18-11-12-19-20(16-18)26-24(31)27(22(19)29)15-7-3-6-10-21(28)25-14-13-17-8-4-2-5-9-17/h8,11-12,16,19H,2-7,9-10,13-15H2,1H3,(H,25,28). The molecule has 1 aliphatic heterocycles. The highest BCUT2D eigenvalue weighted by Gasteiger charge is 2.36. The highest BCUT2D eigenvalue weighted by atomic mass is 16.5. The number of rotatable bonds is 10. The molecule has 3 rings (SSSR count). The second-order valence-electron chi connectivity index (χ2n) is 8.26. The van der Waals surface area contributed by atoms with Gasteiger partial charge in [-0.25, -0.2) is 9.59 Å². The number of amides is 4. The summed E-state index contributed by atoms with van der Waals surface area (Å²) in [6, 6.07) is -0.619. The van der Waals surface area contributed by atoms with Crippen molar-refractivity contribution in [3.8, 4) is 0 Å². The van der Waals surface area contributed by atoms with Crippen molar-refractivity contribution in [3.05, 3.63) is 35.5 Å². The molecule has 172 valence electrons. The van der Waals surface area contributed by atoms with Crippen molar-refractivity contribution < 1.29 is 23.9 Å². The van der Waals surface area contributed by atoms with E-state index in [1.165, 1.54) is 37.7 Å². The van der Waals surface area contributed by atoms with E-state index in [9.17, 15) is 19.2 Å². The molecule has 0 saturated carbocycles. The van der Waals surface area contributed by atoms with Gasteiger partial charge in [0.05, 0.1) is 24.3 Å². The minimum absolute atomic E-state index is 0.0429. The van der Waals surface area contributed by atoms with Crippen molar-refractivity contribution in [2.45, 2.75) is 57.8 Å². The number of unbranched alkanes of at least 4 members (excludes halogenated alkanes) is 2. The third-order valence-corrected chi connectivity index (χ3v) is 5.94. The van der Waals surface area contributed by atoms with Crippen LogP contribution in [0.15, 0.2) is 40.4 Å². The number of aliphatic imine (C=N–C) groups is 1. The summed E-state index contributed by atoms with van der Waals surface area (Å²) in [5.41, 5.74) is 1.97. The number of ether oxygens (including phenoxy) is 1. The summed E-state index contributed by atoms with van der Waals surface area (Å²) in [6.45, 7) is 0.949. The van der Waals surface area contributed by atoms with Crippen LogP contribution in [0.5, 0.6) is 0 Å². The van der Waals surface area contributed by atoms with Crippen LogP contribution in [0.1, 0.15) is 57.8 Å². The van der Waals surface area contributed by atoms with Gasteiger partial charge in [0.2, 0.25) is 11.8 Å². The number of fused-ring (bicyclic) bond motifs is 1. The van der Waals surface area contributed by atoms with Crippen molar-refractivity contribution in [1.29, 1.82) is 0 Å². The molecule has 0 aromatic heterocycles. The number of carbonyl (C=O) groups excluding carboxylic acids is 4. The van der Waals surface area contributed by atoms with Crippen LogP contribution in [0.3, 0.4) is 0 Å². The molecule has 32 heavy (non-hydrogen) atoms. The first-order chi connectivity index (χ1) is 15.5. The van der Waals surface area contributed by atoms with E-state index in [4.69, 9.17) is 0 Å². The van der Waals surface area contributed by atoms with Gasteiger partial charge in [-0.15, -0.1) is 0 Å². The van der Waals surface area contributed by atoms with E-state index in [0.29, 0.717) is 25.8 Å². The Labute approximate surface area is 188 Å². The maximum Gasteiger partial charge on any atom is 0.350 e. The Morgan fingerprint density at radius 2 is 2.06 bits per heavy atom. The molecule has 4 amide bonds. The van der Waals surface area contributed by atoms with Gasteiger partial charge >= 0.3 is 12.0 Å². The number of nitrogens with zero attached hydrogens (tertiary/aromatic N) is 2. The Hall–Kier alpha value is -3.03. The van der Waals surface area contributed by atoms with Crippen molar-refractivity contribution in [2.75, 3.05) is 20.2 Å². The van der Waals surface area contributed by atoms with Crippen molar-refractivity contribution >= 4 is 29.5 Å². The summed E-state index contributed by atoms with van der Waals surface area (Å²) in [4.78, 5) is 53.8. The molecule has 0 aromatic carbocycles. The zero-order valence-corrected chi connectivity index (χ0v) is 18.6. The van der Waals surface area contributed by atoms with Gasteiger partial charge in [0, 0.05) is 19.5 Å². The first kappa shape index (κ1) is 23.6. The van der Waals surface area contributed by atoms with Crippen LogP contribution < -0.4 is 5.32 Å². The summed E-state index contributed by atoms with van der Waals surface area (Å²) in [5.74, 6) is -1.50. The number of esters is 1. The Morgan fingerprint density at radius 3 is 2.81 bits per heavy atom. The number of carbonyl (C=O) groups is 4. The molecule has 1 N–H and O–H groups in total. The van der Waals surface area contributed by atoms with Gasteiger partial charge in [0.25, 0.3) is 0 Å². The zero-order valence-electron chi connectivity index (χ0n) is 18.6. The van der Waals surface area contributed by atoms with E-state index in [1.807, 2.05) is 0 Å². The Balaban J connectivity index is 1.36. The number of methoxy groups -OCH3 is 1. The molecule has 0 saturated heterocycles. The molecule has 1 atom stereocenters. The third kappa shape index (κ3) is 6.24. The summed E-state index contributed by atoms with van der Waals surface area (Å²) < 4.78 is 4.66. The Morgan fingerprint density at radius 1 is 1.22 bits per heavy atom. The molecule has 2 aliphatic carbocycles. The second kappa shape index (κ2) is 11.5. The van der Waals surface area contributed by atoms with E-state index in [0.717, 1.165) is 30.6 Å². The minimum Gasteiger partial charge on any atom is -0.465 e.